The molecule has 4 nitrogen and oxygen atoms in total. The molecule has 0 saturated carbocycles. The van der Waals surface area contributed by atoms with Crippen LogP contribution >= 0.6 is 0 Å². The van der Waals surface area contributed by atoms with Gasteiger partial charge in [0.05, 0.1) is 6.54 Å². The van der Waals surface area contributed by atoms with Crippen molar-refractivity contribution >= 4 is 17.3 Å². The highest BCUT2D eigenvalue weighted by molar-refractivity contribution is 6.03. The van der Waals surface area contributed by atoms with Crippen molar-refractivity contribution < 1.29 is 4.74 Å². The molecular weight excluding hydrogens is 334 g/mol. The molecule has 4 heteroatoms. The van der Waals surface area contributed by atoms with Gasteiger partial charge < -0.3 is 15.4 Å². The number of benzene rings is 3. The lowest BCUT2D eigenvalue weighted by Gasteiger charge is -2.13. The Morgan fingerprint density at radius 3 is 2.04 bits per heavy atom. The molecule has 0 aliphatic rings. The fourth-order valence-corrected chi connectivity index (χ4v) is 2.45. The fraction of sp³-hybridized carbons (Fsp3) is 0.0870. The van der Waals surface area contributed by atoms with E-state index in [1.54, 1.807) is 6.08 Å². The van der Waals surface area contributed by atoms with E-state index >= 15 is 0 Å². The van der Waals surface area contributed by atoms with Crippen LogP contribution in [0.3, 0.4) is 0 Å². The lowest BCUT2D eigenvalue weighted by atomic mass is 10.2. The molecule has 0 aliphatic carbocycles. The van der Waals surface area contributed by atoms with Gasteiger partial charge in [-0.2, -0.15) is 0 Å². The van der Waals surface area contributed by atoms with Crippen LogP contribution in [-0.2, 0) is 6.54 Å². The number of rotatable bonds is 7. The Labute approximate surface area is 160 Å². The molecule has 136 valence electrons. The zero-order valence-electron chi connectivity index (χ0n) is 15.1. The largest absolute Gasteiger partial charge is 0.490 e. The monoisotopic (exact) mass is 357 g/mol. The van der Waals surface area contributed by atoms with Crippen LogP contribution in [0.1, 0.15) is 5.56 Å². The Bertz CT molecular complexity index is 859. The van der Waals surface area contributed by atoms with E-state index in [4.69, 9.17) is 9.73 Å². The van der Waals surface area contributed by atoms with Gasteiger partial charge in [0.15, 0.2) is 0 Å². The van der Waals surface area contributed by atoms with Crippen LogP contribution in [0.2, 0.25) is 0 Å². The summed E-state index contributed by atoms with van der Waals surface area (Å²) in [7, 11) is 0. The van der Waals surface area contributed by atoms with Gasteiger partial charge in [-0.15, -0.1) is 0 Å². The number of guanidine groups is 1. The van der Waals surface area contributed by atoms with Gasteiger partial charge in [-0.05, 0) is 42.0 Å². The zero-order valence-corrected chi connectivity index (χ0v) is 15.1. The smallest absolute Gasteiger partial charge is 0.200 e. The van der Waals surface area contributed by atoms with Gasteiger partial charge in [0.2, 0.25) is 5.96 Å². The van der Waals surface area contributed by atoms with Crippen molar-refractivity contribution in [1.29, 1.82) is 0 Å². The topological polar surface area (TPSA) is 45.6 Å². The second-order valence-corrected chi connectivity index (χ2v) is 5.89. The molecule has 27 heavy (non-hydrogen) atoms. The van der Waals surface area contributed by atoms with Crippen LogP contribution in [0.15, 0.2) is 103 Å². The molecule has 0 aliphatic heterocycles. The maximum absolute atomic E-state index is 5.52. The summed E-state index contributed by atoms with van der Waals surface area (Å²) in [4.78, 5) is 4.71. The molecule has 0 saturated heterocycles. The summed E-state index contributed by atoms with van der Waals surface area (Å²) in [6.45, 7) is 4.74. The number of para-hydroxylation sites is 1. The quantitative estimate of drug-likeness (QED) is 0.341. The maximum atomic E-state index is 5.52. The highest BCUT2D eigenvalue weighted by atomic mass is 16.5. The summed E-state index contributed by atoms with van der Waals surface area (Å²) < 4.78 is 5.52. The Balaban J connectivity index is 1.73. The number of hydrogen-bond acceptors (Lipinski definition) is 2. The van der Waals surface area contributed by atoms with E-state index in [-0.39, 0.29) is 0 Å². The average Bonchev–Trinajstić information content (AvgIpc) is 2.73. The van der Waals surface area contributed by atoms with Crippen molar-refractivity contribution in [1.82, 2.24) is 0 Å². The van der Waals surface area contributed by atoms with Crippen molar-refractivity contribution in [2.24, 2.45) is 4.99 Å². The first-order chi connectivity index (χ1) is 13.3. The van der Waals surface area contributed by atoms with E-state index in [0.717, 1.165) is 22.7 Å². The van der Waals surface area contributed by atoms with Crippen LogP contribution in [0.5, 0.6) is 5.75 Å². The van der Waals surface area contributed by atoms with Crippen LogP contribution in [0, 0.1) is 0 Å². The minimum atomic E-state index is 0.492. The van der Waals surface area contributed by atoms with Crippen LogP contribution in [0.4, 0.5) is 11.4 Å². The first kappa shape index (κ1) is 18.3. The standard InChI is InChI=1S/C23H23N3O/c1-2-17-27-22-15-13-21(14-16-22)26-23(25-20-11-7-4-8-12-20)24-18-19-9-5-3-6-10-19/h2-16H,1,17-18H2,(H2,24,25,26). The SMILES string of the molecule is C=CCOc1ccc(NC(=NCc2ccccc2)Nc2ccccc2)cc1. The van der Waals surface area contributed by atoms with Crippen molar-refractivity contribution in [2.45, 2.75) is 6.54 Å². The number of nitrogens with zero attached hydrogens (tertiary/aromatic N) is 1. The fourth-order valence-electron chi connectivity index (χ4n) is 2.45. The van der Waals surface area contributed by atoms with E-state index in [1.807, 2.05) is 72.8 Å². The summed E-state index contributed by atoms with van der Waals surface area (Å²) in [5, 5.41) is 6.69. The molecule has 3 aromatic carbocycles. The second-order valence-electron chi connectivity index (χ2n) is 5.89. The first-order valence-electron chi connectivity index (χ1n) is 8.85. The predicted molar refractivity (Wildman–Crippen MR) is 113 cm³/mol. The summed E-state index contributed by atoms with van der Waals surface area (Å²) >= 11 is 0. The molecule has 2 N–H and O–H groups in total. The molecule has 0 radical (unpaired) electrons. The average molecular weight is 357 g/mol. The third-order valence-corrected chi connectivity index (χ3v) is 3.78. The van der Waals surface area contributed by atoms with E-state index < -0.39 is 0 Å². The first-order valence-corrected chi connectivity index (χ1v) is 8.85. The van der Waals surface area contributed by atoms with E-state index in [0.29, 0.717) is 19.1 Å². The molecule has 0 heterocycles. The van der Waals surface area contributed by atoms with Gasteiger partial charge in [-0.1, -0.05) is 61.2 Å². The Kier molecular flexibility index (Phi) is 6.65. The number of ether oxygens (including phenoxy) is 1. The highest BCUT2D eigenvalue weighted by Crippen LogP contribution is 2.16. The second kappa shape index (κ2) is 9.82. The molecule has 3 aromatic rings. The highest BCUT2D eigenvalue weighted by Gasteiger charge is 2.02. The van der Waals surface area contributed by atoms with E-state index in [1.165, 1.54) is 0 Å². The molecule has 0 atom stereocenters. The zero-order chi connectivity index (χ0) is 18.7. The van der Waals surface area contributed by atoms with Gasteiger partial charge in [-0.3, -0.25) is 0 Å². The third kappa shape index (κ3) is 6.04. The maximum Gasteiger partial charge on any atom is 0.200 e. The van der Waals surface area contributed by atoms with Crippen molar-refractivity contribution in [2.75, 3.05) is 17.2 Å². The minimum absolute atomic E-state index is 0.492. The summed E-state index contributed by atoms with van der Waals surface area (Å²) in [6, 6.07) is 27.9. The molecule has 0 bridgehead atoms. The van der Waals surface area contributed by atoms with Crippen molar-refractivity contribution in [3.63, 3.8) is 0 Å². The Morgan fingerprint density at radius 2 is 1.41 bits per heavy atom. The molecule has 0 spiro atoms. The molecule has 3 rings (SSSR count). The van der Waals surface area contributed by atoms with Crippen molar-refractivity contribution in [3.05, 3.63) is 103 Å². The van der Waals surface area contributed by atoms with E-state index in [9.17, 15) is 0 Å². The Hall–Kier alpha value is -3.53. The molecular formula is C23H23N3O. The summed E-state index contributed by atoms with van der Waals surface area (Å²) in [6.07, 6.45) is 1.73. The van der Waals surface area contributed by atoms with E-state index in [2.05, 4.69) is 29.3 Å². The van der Waals surface area contributed by atoms with Gasteiger partial charge in [0.25, 0.3) is 0 Å². The molecule has 0 aromatic heterocycles. The number of nitrogens with one attached hydrogen (secondary N) is 2. The van der Waals surface area contributed by atoms with Gasteiger partial charge in [0.1, 0.15) is 12.4 Å². The molecule has 0 unspecified atom stereocenters. The van der Waals surface area contributed by atoms with Gasteiger partial charge in [0, 0.05) is 11.4 Å². The van der Waals surface area contributed by atoms with Crippen molar-refractivity contribution in [3.8, 4) is 5.75 Å². The number of anilines is 2. The summed E-state index contributed by atoms with van der Waals surface area (Å²) in [5.41, 5.74) is 3.05. The van der Waals surface area contributed by atoms with Crippen LogP contribution in [-0.4, -0.2) is 12.6 Å². The predicted octanol–water partition coefficient (Wildman–Crippen LogP) is 5.33. The number of hydrogen-bond donors (Lipinski definition) is 2. The van der Waals surface area contributed by atoms with Gasteiger partial charge >= 0.3 is 0 Å². The lowest BCUT2D eigenvalue weighted by molar-refractivity contribution is 0.363. The molecule has 0 amide bonds. The van der Waals surface area contributed by atoms with Gasteiger partial charge in [-0.25, -0.2) is 4.99 Å². The molecule has 0 fully saturated rings. The lowest BCUT2D eigenvalue weighted by Crippen LogP contribution is -2.22. The Morgan fingerprint density at radius 1 is 0.815 bits per heavy atom. The van der Waals surface area contributed by atoms with Crippen LogP contribution < -0.4 is 15.4 Å². The number of aliphatic imine (C=N–C) groups is 1. The summed E-state index contributed by atoms with van der Waals surface area (Å²) in [5.74, 6) is 1.49. The van der Waals surface area contributed by atoms with Crippen LogP contribution in [0.25, 0.3) is 0 Å². The normalized spacial score (nSPS) is 10.9. The minimum Gasteiger partial charge on any atom is -0.490 e. The third-order valence-electron chi connectivity index (χ3n) is 3.78.